The lowest BCUT2D eigenvalue weighted by Gasteiger charge is -2.38. The van der Waals surface area contributed by atoms with Crippen LogP contribution in [0.5, 0.6) is 0 Å². The summed E-state index contributed by atoms with van der Waals surface area (Å²) in [6, 6.07) is 7.85. The number of fused-ring (bicyclic) bond motifs is 1. The van der Waals surface area contributed by atoms with E-state index in [1.165, 1.54) is 0 Å². The monoisotopic (exact) mass is 320 g/mol. The number of rotatable bonds is 5. The molecule has 5 heteroatoms. The van der Waals surface area contributed by atoms with Gasteiger partial charge in [0.25, 0.3) is 0 Å². The third-order valence-electron chi connectivity index (χ3n) is 4.44. The molecule has 1 aromatic carbocycles. The molecule has 0 atom stereocenters. The van der Waals surface area contributed by atoms with Crippen LogP contribution in [0.3, 0.4) is 0 Å². The number of benzene rings is 1. The second-order valence-corrected chi connectivity index (χ2v) is 6.30. The summed E-state index contributed by atoms with van der Waals surface area (Å²) in [5.41, 5.74) is 2.01. The van der Waals surface area contributed by atoms with Crippen LogP contribution in [0.2, 0.25) is 5.02 Å². The first kappa shape index (κ1) is 15.7. The van der Waals surface area contributed by atoms with E-state index in [0.29, 0.717) is 6.54 Å². The van der Waals surface area contributed by atoms with Gasteiger partial charge in [0.15, 0.2) is 0 Å². The Labute approximate surface area is 135 Å². The van der Waals surface area contributed by atoms with E-state index in [9.17, 15) is 5.11 Å². The van der Waals surface area contributed by atoms with Crippen LogP contribution in [-0.4, -0.2) is 35.5 Å². The maximum absolute atomic E-state index is 9.38. The minimum Gasteiger partial charge on any atom is -0.396 e. The van der Waals surface area contributed by atoms with Gasteiger partial charge >= 0.3 is 0 Å². The van der Waals surface area contributed by atoms with Crippen molar-refractivity contribution in [3.8, 4) is 0 Å². The second kappa shape index (κ2) is 6.92. The highest BCUT2D eigenvalue weighted by molar-refractivity contribution is 6.31. The minimum absolute atomic E-state index is 0.0591. The van der Waals surface area contributed by atoms with Crippen LogP contribution < -0.4 is 5.32 Å². The molecule has 118 valence electrons. The Morgan fingerprint density at radius 3 is 2.91 bits per heavy atom. The third-order valence-corrected chi connectivity index (χ3v) is 4.66. The Kier molecular flexibility index (Phi) is 4.93. The van der Waals surface area contributed by atoms with Gasteiger partial charge in [-0.25, -0.2) is 0 Å². The van der Waals surface area contributed by atoms with Crippen LogP contribution in [0, 0.1) is 0 Å². The molecule has 1 aliphatic rings. The summed E-state index contributed by atoms with van der Waals surface area (Å²) in [5.74, 6) is 0. The fraction of sp³-hybridized carbons (Fsp3) is 0.471. The smallest absolute Gasteiger partial charge is 0.0747 e. The molecule has 0 aliphatic carbocycles. The molecule has 2 aromatic rings. The molecule has 22 heavy (non-hydrogen) atoms. The number of nitrogens with zero attached hydrogens (tertiary/aromatic N) is 1. The average molecular weight is 321 g/mol. The van der Waals surface area contributed by atoms with Gasteiger partial charge in [-0.1, -0.05) is 17.7 Å². The summed E-state index contributed by atoms with van der Waals surface area (Å²) in [7, 11) is 0. The Bertz CT molecular complexity index is 636. The lowest BCUT2D eigenvalue weighted by Crippen LogP contribution is -2.49. The van der Waals surface area contributed by atoms with Crippen molar-refractivity contribution >= 4 is 22.5 Å². The van der Waals surface area contributed by atoms with E-state index in [4.69, 9.17) is 16.3 Å². The van der Waals surface area contributed by atoms with Crippen molar-refractivity contribution in [3.05, 3.63) is 41.0 Å². The molecule has 3 rings (SSSR count). The third kappa shape index (κ3) is 3.41. The molecule has 0 radical (unpaired) electrons. The van der Waals surface area contributed by atoms with Crippen molar-refractivity contribution in [1.82, 2.24) is 10.3 Å². The molecule has 0 unspecified atom stereocenters. The first-order chi connectivity index (χ1) is 10.7. The molecular formula is C17H21ClN2O2. The van der Waals surface area contributed by atoms with Gasteiger partial charge in [0.2, 0.25) is 0 Å². The summed E-state index contributed by atoms with van der Waals surface area (Å²) in [4.78, 5) is 4.48. The van der Waals surface area contributed by atoms with Crippen molar-refractivity contribution in [2.75, 3.05) is 19.8 Å². The Morgan fingerprint density at radius 1 is 1.32 bits per heavy atom. The minimum atomic E-state index is -0.0591. The topological polar surface area (TPSA) is 54.4 Å². The molecule has 1 aliphatic heterocycles. The van der Waals surface area contributed by atoms with Crippen molar-refractivity contribution in [1.29, 1.82) is 0 Å². The first-order valence-electron chi connectivity index (χ1n) is 7.69. The van der Waals surface area contributed by atoms with Crippen LogP contribution in [0.15, 0.2) is 30.5 Å². The van der Waals surface area contributed by atoms with E-state index in [1.807, 2.05) is 24.3 Å². The standard InChI is InChI=1S/C17H21ClN2O2/c18-15-10-13-2-1-6-19-16(13)14(11-15)12-20-17(3-7-21)4-8-22-9-5-17/h1-2,6,10-11,20-21H,3-5,7-9,12H2. The van der Waals surface area contributed by atoms with Gasteiger partial charge in [0.05, 0.1) is 5.52 Å². The average Bonchev–Trinajstić information content (AvgIpc) is 2.54. The van der Waals surface area contributed by atoms with Crippen molar-refractivity contribution in [2.24, 2.45) is 0 Å². The number of aromatic nitrogens is 1. The predicted octanol–water partition coefficient (Wildman–Crippen LogP) is 2.91. The van der Waals surface area contributed by atoms with Gasteiger partial charge in [-0.15, -0.1) is 0 Å². The molecule has 0 saturated carbocycles. The largest absolute Gasteiger partial charge is 0.396 e. The molecule has 1 fully saturated rings. The lowest BCUT2D eigenvalue weighted by atomic mass is 9.86. The number of halogens is 1. The molecule has 1 aromatic heterocycles. The molecule has 1 saturated heterocycles. The summed E-state index contributed by atoms with van der Waals surface area (Å²) >= 11 is 6.23. The fourth-order valence-electron chi connectivity index (χ4n) is 3.14. The quantitative estimate of drug-likeness (QED) is 0.889. The summed E-state index contributed by atoms with van der Waals surface area (Å²) < 4.78 is 5.46. The van der Waals surface area contributed by atoms with Gasteiger partial charge in [-0.3, -0.25) is 4.98 Å². The fourth-order valence-corrected chi connectivity index (χ4v) is 3.39. The number of aliphatic hydroxyl groups excluding tert-OH is 1. The van der Waals surface area contributed by atoms with Gasteiger partial charge in [-0.2, -0.15) is 0 Å². The summed E-state index contributed by atoms with van der Waals surface area (Å²) in [6.45, 7) is 2.35. The number of nitrogens with one attached hydrogen (secondary N) is 1. The molecule has 0 spiro atoms. The Balaban J connectivity index is 1.83. The highest BCUT2D eigenvalue weighted by Crippen LogP contribution is 2.27. The molecule has 2 N–H and O–H groups in total. The molecule has 4 nitrogen and oxygen atoms in total. The first-order valence-corrected chi connectivity index (χ1v) is 8.07. The van der Waals surface area contributed by atoms with Crippen molar-refractivity contribution in [3.63, 3.8) is 0 Å². The SMILES string of the molecule is OCCC1(NCc2cc(Cl)cc3cccnc23)CCOCC1. The zero-order valence-corrected chi connectivity index (χ0v) is 13.3. The van der Waals surface area contributed by atoms with E-state index in [1.54, 1.807) is 6.20 Å². The number of hydrogen-bond donors (Lipinski definition) is 2. The van der Waals surface area contributed by atoms with E-state index >= 15 is 0 Å². The van der Waals surface area contributed by atoms with E-state index in [2.05, 4.69) is 10.3 Å². The van der Waals surface area contributed by atoms with Crippen LogP contribution in [0.25, 0.3) is 10.9 Å². The lowest BCUT2D eigenvalue weighted by molar-refractivity contribution is 0.0268. The van der Waals surface area contributed by atoms with Crippen molar-refractivity contribution < 1.29 is 9.84 Å². The van der Waals surface area contributed by atoms with Gasteiger partial charge in [-0.05, 0) is 43.0 Å². The van der Waals surface area contributed by atoms with Gasteiger partial charge in [0, 0.05) is 48.5 Å². The van der Waals surface area contributed by atoms with E-state index < -0.39 is 0 Å². The zero-order valence-electron chi connectivity index (χ0n) is 12.5. The van der Waals surface area contributed by atoms with Crippen LogP contribution >= 0.6 is 11.6 Å². The zero-order chi connectivity index (χ0) is 15.4. The van der Waals surface area contributed by atoms with Crippen LogP contribution in [0.1, 0.15) is 24.8 Å². The van der Waals surface area contributed by atoms with E-state index in [0.717, 1.165) is 54.0 Å². The Hall–Kier alpha value is -1.20. The number of ether oxygens (including phenoxy) is 1. The molecular weight excluding hydrogens is 300 g/mol. The highest BCUT2D eigenvalue weighted by Gasteiger charge is 2.31. The van der Waals surface area contributed by atoms with Gasteiger partial charge in [0.1, 0.15) is 0 Å². The summed E-state index contributed by atoms with van der Waals surface area (Å²) in [5, 5.41) is 14.8. The maximum Gasteiger partial charge on any atom is 0.0747 e. The molecule has 0 amide bonds. The maximum atomic E-state index is 9.38. The van der Waals surface area contributed by atoms with Crippen LogP contribution in [0.4, 0.5) is 0 Å². The van der Waals surface area contributed by atoms with Crippen LogP contribution in [-0.2, 0) is 11.3 Å². The van der Waals surface area contributed by atoms with Crippen molar-refractivity contribution in [2.45, 2.75) is 31.3 Å². The number of hydrogen-bond acceptors (Lipinski definition) is 4. The predicted molar refractivity (Wildman–Crippen MR) is 88.1 cm³/mol. The number of pyridine rings is 1. The highest BCUT2D eigenvalue weighted by atomic mass is 35.5. The normalized spacial score (nSPS) is 17.7. The molecule has 2 heterocycles. The number of aliphatic hydroxyl groups is 1. The Morgan fingerprint density at radius 2 is 2.14 bits per heavy atom. The van der Waals surface area contributed by atoms with E-state index in [-0.39, 0.29) is 12.1 Å². The second-order valence-electron chi connectivity index (χ2n) is 5.86. The summed E-state index contributed by atoms with van der Waals surface area (Å²) in [6.07, 6.45) is 4.37. The molecule has 0 bridgehead atoms. The van der Waals surface area contributed by atoms with Gasteiger partial charge < -0.3 is 15.2 Å².